The number of nitrogen functional groups attached to an aromatic ring is 1. The van der Waals surface area contributed by atoms with E-state index < -0.39 is 36.5 Å². The highest BCUT2D eigenvalue weighted by Gasteiger charge is 2.53. The number of nitrogens with zero attached hydrogens (tertiary/aromatic N) is 2. The van der Waals surface area contributed by atoms with E-state index in [9.17, 15) is 18.7 Å². The molecule has 0 bridgehead atoms. The van der Waals surface area contributed by atoms with Gasteiger partial charge in [0, 0.05) is 12.6 Å². The van der Waals surface area contributed by atoms with Gasteiger partial charge < -0.3 is 15.6 Å². The van der Waals surface area contributed by atoms with Crippen LogP contribution in [0, 0.1) is 0 Å². The molecule has 1 aromatic rings. The lowest BCUT2D eigenvalue weighted by molar-refractivity contribution is -0.127. The van der Waals surface area contributed by atoms with E-state index in [2.05, 4.69) is 11.6 Å². The Morgan fingerprint density at radius 2 is 2.45 bits per heavy atom. The van der Waals surface area contributed by atoms with Gasteiger partial charge in [-0.2, -0.15) is 4.98 Å². The minimum absolute atomic E-state index is 0.0594. The summed E-state index contributed by atoms with van der Waals surface area (Å²) in [7, 11) is 0. The fourth-order valence-corrected chi connectivity index (χ4v) is 2.10. The summed E-state index contributed by atoms with van der Waals surface area (Å²) in [5.41, 5.74) is 4.38. The largest absolute Gasteiger partial charge is 0.390 e. The summed E-state index contributed by atoms with van der Waals surface area (Å²) in [6.45, 7) is 3.43. The SMILES string of the molecule is C=CCC(O)C1CC(F)(F)C(n2ccc(N)nc2=O)O1. The number of aliphatic hydroxyl groups excluding tert-OH is 1. The Hall–Kier alpha value is -1.80. The molecule has 0 saturated carbocycles. The van der Waals surface area contributed by atoms with Crippen LogP contribution in [0.25, 0.3) is 0 Å². The highest BCUT2D eigenvalue weighted by molar-refractivity contribution is 5.23. The van der Waals surface area contributed by atoms with Crippen molar-refractivity contribution in [3.63, 3.8) is 0 Å². The average molecular weight is 287 g/mol. The maximum Gasteiger partial charge on any atom is 0.351 e. The molecule has 20 heavy (non-hydrogen) atoms. The molecular weight excluding hydrogens is 272 g/mol. The van der Waals surface area contributed by atoms with Gasteiger partial charge in [-0.05, 0) is 12.5 Å². The number of rotatable bonds is 4. The number of nitrogens with two attached hydrogens (primary N) is 1. The summed E-state index contributed by atoms with van der Waals surface area (Å²) in [6, 6.07) is 1.23. The molecule has 1 fully saturated rings. The molecule has 1 aromatic heterocycles. The van der Waals surface area contributed by atoms with Gasteiger partial charge in [-0.15, -0.1) is 6.58 Å². The summed E-state index contributed by atoms with van der Waals surface area (Å²) < 4.78 is 33.7. The first-order valence-corrected chi connectivity index (χ1v) is 6.02. The quantitative estimate of drug-likeness (QED) is 0.795. The van der Waals surface area contributed by atoms with Gasteiger partial charge in [0.05, 0.1) is 12.2 Å². The van der Waals surface area contributed by atoms with E-state index in [1.807, 2.05) is 0 Å². The highest BCUT2D eigenvalue weighted by Crippen LogP contribution is 2.43. The second kappa shape index (κ2) is 5.29. The van der Waals surface area contributed by atoms with Crippen LogP contribution in [0.2, 0.25) is 0 Å². The second-order valence-electron chi connectivity index (χ2n) is 4.63. The molecule has 0 aromatic carbocycles. The topological polar surface area (TPSA) is 90.4 Å². The van der Waals surface area contributed by atoms with Crippen LogP contribution in [-0.4, -0.2) is 32.8 Å². The van der Waals surface area contributed by atoms with Gasteiger partial charge in [-0.3, -0.25) is 4.57 Å². The molecule has 1 aliphatic rings. The van der Waals surface area contributed by atoms with Crippen molar-refractivity contribution in [1.82, 2.24) is 9.55 Å². The summed E-state index contributed by atoms with van der Waals surface area (Å²) in [4.78, 5) is 15.0. The second-order valence-corrected chi connectivity index (χ2v) is 4.63. The zero-order valence-electron chi connectivity index (χ0n) is 10.6. The summed E-state index contributed by atoms with van der Waals surface area (Å²) in [6.07, 6.45) is -2.00. The zero-order chi connectivity index (χ0) is 14.9. The van der Waals surface area contributed by atoms with E-state index in [4.69, 9.17) is 10.5 Å². The molecule has 0 amide bonds. The van der Waals surface area contributed by atoms with Crippen molar-refractivity contribution in [2.75, 3.05) is 5.73 Å². The number of aliphatic hydroxyl groups is 1. The minimum atomic E-state index is -3.28. The first-order valence-electron chi connectivity index (χ1n) is 6.02. The third-order valence-electron chi connectivity index (χ3n) is 3.08. The van der Waals surface area contributed by atoms with E-state index in [0.717, 1.165) is 6.20 Å². The van der Waals surface area contributed by atoms with Crippen molar-refractivity contribution < 1.29 is 18.6 Å². The molecule has 0 radical (unpaired) electrons. The summed E-state index contributed by atoms with van der Waals surface area (Å²) in [5, 5.41) is 9.71. The van der Waals surface area contributed by atoms with Gasteiger partial charge in [0.1, 0.15) is 5.82 Å². The number of anilines is 1. The first-order chi connectivity index (χ1) is 9.35. The molecule has 3 N–H and O–H groups in total. The molecule has 1 aliphatic heterocycles. The third kappa shape index (κ3) is 2.70. The molecule has 8 heteroatoms. The predicted octanol–water partition coefficient (Wildman–Crippen LogP) is 0.685. The maximum atomic E-state index is 13.9. The highest BCUT2D eigenvalue weighted by atomic mass is 19.3. The lowest BCUT2D eigenvalue weighted by atomic mass is 10.1. The molecule has 3 atom stereocenters. The van der Waals surface area contributed by atoms with Gasteiger partial charge in [0.15, 0.2) is 0 Å². The third-order valence-corrected chi connectivity index (χ3v) is 3.08. The minimum Gasteiger partial charge on any atom is -0.390 e. The van der Waals surface area contributed by atoms with E-state index in [1.54, 1.807) is 0 Å². The number of aromatic nitrogens is 2. The Morgan fingerprint density at radius 3 is 3.05 bits per heavy atom. The Balaban J connectivity index is 2.27. The van der Waals surface area contributed by atoms with Gasteiger partial charge in [-0.25, -0.2) is 13.6 Å². The van der Waals surface area contributed by atoms with Gasteiger partial charge in [-0.1, -0.05) is 6.08 Å². The molecular formula is C12H15F2N3O3. The van der Waals surface area contributed by atoms with Crippen molar-refractivity contribution in [2.45, 2.75) is 37.2 Å². The molecule has 2 rings (SSSR count). The first kappa shape index (κ1) is 14.6. The van der Waals surface area contributed by atoms with E-state index in [1.165, 1.54) is 12.1 Å². The smallest absolute Gasteiger partial charge is 0.351 e. The molecule has 0 spiro atoms. The van der Waals surface area contributed by atoms with Gasteiger partial charge >= 0.3 is 5.69 Å². The normalized spacial score (nSPS) is 26.4. The number of halogens is 2. The van der Waals surface area contributed by atoms with E-state index in [-0.39, 0.29) is 12.2 Å². The predicted molar refractivity (Wildman–Crippen MR) is 67.2 cm³/mol. The number of hydrogen-bond acceptors (Lipinski definition) is 5. The monoisotopic (exact) mass is 287 g/mol. The van der Waals surface area contributed by atoms with Crippen LogP contribution >= 0.6 is 0 Å². The van der Waals surface area contributed by atoms with E-state index >= 15 is 0 Å². The van der Waals surface area contributed by atoms with Gasteiger partial charge in [0.25, 0.3) is 5.92 Å². The Labute approximate surface area is 113 Å². The lowest BCUT2D eigenvalue weighted by Gasteiger charge is -2.20. The van der Waals surface area contributed by atoms with Crippen LogP contribution in [0.4, 0.5) is 14.6 Å². The van der Waals surface area contributed by atoms with Crippen LogP contribution < -0.4 is 11.4 Å². The van der Waals surface area contributed by atoms with Crippen LogP contribution in [0.5, 0.6) is 0 Å². The summed E-state index contributed by atoms with van der Waals surface area (Å²) in [5.74, 6) is -3.34. The fourth-order valence-electron chi connectivity index (χ4n) is 2.10. The number of hydrogen-bond donors (Lipinski definition) is 2. The van der Waals surface area contributed by atoms with Crippen molar-refractivity contribution in [2.24, 2.45) is 0 Å². The van der Waals surface area contributed by atoms with Crippen LogP contribution in [0.3, 0.4) is 0 Å². The molecule has 110 valence electrons. The Bertz CT molecular complexity index is 561. The fraction of sp³-hybridized carbons (Fsp3) is 0.500. The molecule has 1 saturated heterocycles. The zero-order valence-corrected chi connectivity index (χ0v) is 10.6. The van der Waals surface area contributed by atoms with Crippen LogP contribution in [-0.2, 0) is 4.74 Å². The Morgan fingerprint density at radius 1 is 1.75 bits per heavy atom. The maximum absolute atomic E-state index is 13.9. The van der Waals surface area contributed by atoms with Crippen molar-refractivity contribution >= 4 is 5.82 Å². The average Bonchev–Trinajstić information content (AvgIpc) is 2.66. The Kier molecular flexibility index (Phi) is 3.87. The number of ether oxygens (including phenoxy) is 1. The standard InChI is InChI=1S/C12H15F2N3O3/c1-2-3-7(18)8-6-12(13,14)10(20-8)17-5-4-9(15)16-11(17)19/h2,4-5,7-8,10,18H,1,3,6H2,(H2,15,16,19). The summed E-state index contributed by atoms with van der Waals surface area (Å²) >= 11 is 0. The molecule has 6 nitrogen and oxygen atoms in total. The number of alkyl halides is 2. The molecule has 2 heterocycles. The van der Waals surface area contributed by atoms with Crippen molar-refractivity contribution in [3.8, 4) is 0 Å². The van der Waals surface area contributed by atoms with Crippen LogP contribution in [0.1, 0.15) is 19.1 Å². The molecule has 0 aliphatic carbocycles. The van der Waals surface area contributed by atoms with E-state index in [0.29, 0.717) is 4.57 Å². The van der Waals surface area contributed by atoms with Crippen molar-refractivity contribution in [1.29, 1.82) is 0 Å². The lowest BCUT2D eigenvalue weighted by Crippen LogP contribution is -2.35. The van der Waals surface area contributed by atoms with Crippen molar-refractivity contribution in [3.05, 3.63) is 35.4 Å². The molecule has 3 unspecified atom stereocenters. The van der Waals surface area contributed by atoms with Gasteiger partial charge in [0.2, 0.25) is 6.23 Å². The van der Waals surface area contributed by atoms with Crippen LogP contribution in [0.15, 0.2) is 29.7 Å².